The summed E-state index contributed by atoms with van der Waals surface area (Å²) >= 11 is 1.45. The second kappa shape index (κ2) is 8.44. The Kier molecular flexibility index (Phi) is 5.72. The first-order valence-corrected chi connectivity index (χ1v) is 11.0. The molecule has 6 nitrogen and oxygen atoms in total. The first-order valence-electron chi connectivity index (χ1n) is 10.1. The molecular weight excluding hydrogens is 398 g/mol. The van der Waals surface area contributed by atoms with Gasteiger partial charge in [-0.2, -0.15) is 0 Å². The lowest BCUT2D eigenvalue weighted by Gasteiger charge is -2.34. The van der Waals surface area contributed by atoms with Gasteiger partial charge in [0.2, 0.25) is 0 Å². The predicted octanol–water partition coefficient (Wildman–Crippen LogP) is 4.43. The summed E-state index contributed by atoms with van der Waals surface area (Å²) in [7, 11) is 0. The second-order valence-corrected chi connectivity index (χ2v) is 8.97. The van der Waals surface area contributed by atoms with Crippen molar-refractivity contribution in [3.63, 3.8) is 0 Å². The standard InChI is InChI=1S/C23H25N3O3S/c1-15(2)17-6-8-18(9-7-17)22(27)25-10-12-26(13-11-25)23(28)20-16(3)30-21(24-20)19-5-4-14-29-19/h4-9,14-15H,10-13H2,1-3H3. The molecule has 0 unspecified atom stereocenters. The lowest BCUT2D eigenvalue weighted by molar-refractivity contribution is 0.0532. The van der Waals surface area contributed by atoms with Crippen molar-refractivity contribution in [3.05, 3.63) is 64.4 Å². The predicted molar refractivity (Wildman–Crippen MR) is 117 cm³/mol. The monoisotopic (exact) mass is 423 g/mol. The Hall–Kier alpha value is -2.93. The molecule has 0 aliphatic carbocycles. The molecule has 4 rings (SSSR count). The molecule has 1 fully saturated rings. The number of aryl methyl sites for hydroxylation is 1. The molecule has 0 saturated carbocycles. The lowest BCUT2D eigenvalue weighted by atomic mass is 10.0. The van der Waals surface area contributed by atoms with E-state index in [1.807, 2.05) is 42.2 Å². The van der Waals surface area contributed by atoms with Crippen molar-refractivity contribution in [2.24, 2.45) is 0 Å². The van der Waals surface area contributed by atoms with Crippen LogP contribution < -0.4 is 0 Å². The normalized spacial score (nSPS) is 14.4. The molecular formula is C23H25N3O3S. The number of rotatable bonds is 4. The van der Waals surface area contributed by atoms with Crippen molar-refractivity contribution < 1.29 is 14.0 Å². The summed E-state index contributed by atoms with van der Waals surface area (Å²) in [5.41, 5.74) is 2.38. The van der Waals surface area contributed by atoms with Gasteiger partial charge in [0, 0.05) is 36.6 Å². The number of furan rings is 1. The molecule has 1 aromatic carbocycles. The Labute approximate surface area is 180 Å². The van der Waals surface area contributed by atoms with Crippen molar-refractivity contribution in [2.45, 2.75) is 26.7 Å². The third-order valence-electron chi connectivity index (χ3n) is 5.41. The van der Waals surface area contributed by atoms with Crippen LogP contribution in [0.2, 0.25) is 0 Å². The van der Waals surface area contributed by atoms with Gasteiger partial charge in [0.25, 0.3) is 11.8 Å². The molecule has 2 aromatic heterocycles. The van der Waals surface area contributed by atoms with Gasteiger partial charge >= 0.3 is 0 Å². The van der Waals surface area contributed by atoms with Gasteiger partial charge in [0.05, 0.1) is 6.26 Å². The minimum Gasteiger partial charge on any atom is -0.462 e. The number of carbonyl (C=O) groups excluding carboxylic acids is 2. The van der Waals surface area contributed by atoms with E-state index in [2.05, 4.69) is 18.8 Å². The number of amides is 2. The highest BCUT2D eigenvalue weighted by Gasteiger charge is 2.28. The maximum atomic E-state index is 13.0. The van der Waals surface area contributed by atoms with Crippen LogP contribution in [-0.2, 0) is 0 Å². The maximum Gasteiger partial charge on any atom is 0.273 e. The van der Waals surface area contributed by atoms with Crippen LogP contribution in [0, 0.1) is 6.92 Å². The van der Waals surface area contributed by atoms with Crippen molar-refractivity contribution in [1.29, 1.82) is 0 Å². The van der Waals surface area contributed by atoms with Crippen LogP contribution in [0.3, 0.4) is 0 Å². The molecule has 3 aromatic rings. The Balaban J connectivity index is 1.39. The van der Waals surface area contributed by atoms with Gasteiger partial charge in [-0.25, -0.2) is 4.98 Å². The minimum absolute atomic E-state index is 0.0161. The van der Waals surface area contributed by atoms with Gasteiger partial charge in [-0.1, -0.05) is 26.0 Å². The van der Waals surface area contributed by atoms with Gasteiger partial charge in [0.15, 0.2) is 10.8 Å². The van der Waals surface area contributed by atoms with Gasteiger partial charge < -0.3 is 14.2 Å². The van der Waals surface area contributed by atoms with Crippen molar-refractivity contribution >= 4 is 23.2 Å². The fourth-order valence-electron chi connectivity index (χ4n) is 3.56. The smallest absolute Gasteiger partial charge is 0.273 e. The molecule has 30 heavy (non-hydrogen) atoms. The van der Waals surface area contributed by atoms with E-state index < -0.39 is 0 Å². The van der Waals surface area contributed by atoms with E-state index in [1.165, 1.54) is 16.9 Å². The number of benzene rings is 1. The van der Waals surface area contributed by atoms with E-state index >= 15 is 0 Å². The van der Waals surface area contributed by atoms with Crippen LogP contribution in [-0.4, -0.2) is 52.8 Å². The first-order chi connectivity index (χ1) is 14.4. The zero-order valence-electron chi connectivity index (χ0n) is 17.4. The molecule has 0 bridgehead atoms. The quantitative estimate of drug-likeness (QED) is 0.622. The number of hydrogen-bond acceptors (Lipinski definition) is 5. The molecule has 0 atom stereocenters. The molecule has 3 heterocycles. The summed E-state index contributed by atoms with van der Waals surface area (Å²) in [5, 5.41) is 0.708. The largest absolute Gasteiger partial charge is 0.462 e. The minimum atomic E-state index is -0.0880. The Morgan fingerprint density at radius 3 is 2.20 bits per heavy atom. The summed E-state index contributed by atoms with van der Waals surface area (Å²) in [6.07, 6.45) is 1.60. The highest BCUT2D eigenvalue weighted by Crippen LogP contribution is 2.28. The number of piperazine rings is 1. The first kappa shape index (κ1) is 20.3. The van der Waals surface area contributed by atoms with E-state index in [4.69, 9.17) is 4.42 Å². The summed E-state index contributed by atoms with van der Waals surface area (Å²) in [6.45, 7) is 8.21. The Bertz CT molecular complexity index is 1030. The SMILES string of the molecule is Cc1sc(-c2ccco2)nc1C(=O)N1CCN(C(=O)c2ccc(C(C)C)cc2)CC1. The van der Waals surface area contributed by atoms with E-state index in [0.29, 0.717) is 54.1 Å². The van der Waals surface area contributed by atoms with Crippen LogP contribution in [0.15, 0.2) is 47.1 Å². The Morgan fingerprint density at radius 2 is 1.63 bits per heavy atom. The maximum absolute atomic E-state index is 13.0. The van der Waals surface area contributed by atoms with Crippen molar-refractivity contribution in [1.82, 2.24) is 14.8 Å². The van der Waals surface area contributed by atoms with Crippen molar-refractivity contribution in [2.75, 3.05) is 26.2 Å². The fraction of sp³-hybridized carbons (Fsp3) is 0.348. The summed E-state index contributed by atoms with van der Waals surface area (Å²) < 4.78 is 5.39. The highest BCUT2D eigenvalue weighted by atomic mass is 32.1. The molecule has 1 aliphatic rings. The topological polar surface area (TPSA) is 66.7 Å². The van der Waals surface area contributed by atoms with Crippen LogP contribution >= 0.6 is 11.3 Å². The van der Waals surface area contributed by atoms with Crippen LogP contribution in [0.25, 0.3) is 10.8 Å². The third-order valence-corrected chi connectivity index (χ3v) is 6.39. The average Bonchev–Trinajstić information content (AvgIpc) is 3.43. The molecule has 7 heteroatoms. The number of hydrogen-bond donors (Lipinski definition) is 0. The fourth-order valence-corrected chi connectivity index (χ4v) is 4.43. The zero-order chi connectivity index (χ0) is 21.3. The third kappa shape index (κ3) is 4.03. The molecule has 156 valence electrons. The highest BCUT2D eigenvalue weighted by molar-refractivity contribution is 7.15. The van der Waals surface area contributed by atoms with Gasteiger partial charge in [0.1, 0.15) is 5.69 Å². The van der Waals surface area contributed by atoms with E-state index in [0.717, 1.165) is 4.88 Å². The molecule has 0 N–H and O–H groups in total. The number of aromatic nitrogens is 1. The lowest BCUT2D eigenvalue weighted by Crippen LogP contribution is -2.50. The van der Waals surface area contributed by atoms with Gasteiger partial charge in [-0.05, 0) is 42.7 Å². The van der Waals surface area contributed by atoms with Crippen molar-refractivity contribution in [3.8, 4) is 10.8 Å². The summed E-state index contributed by atoms with van der Waals surface area (Å²) in [5.74, 6) is 1.03. The van der Waals surface area contributed by atoms with Crippen LogP contribution in [0.4, 0.5) is 0 Å². The van der Waals surface area contributed by atoms with Crippen LogP contribution in [0.5, 0.6) is 0 Å². The van der Waals surface area contributed by atoms with E-state index in [9.17, 15) is 9.59 Å². The number of thiazole rings is 1. The average molecular weight is 424 g/mol. The summed E-state index contributed by atoms with van der Waals surface area (Å²) in [6, 6.07) is 11.5. The molecule has 0 radical (unpaired) electrons. The number of nitrogens with zero attached hydrogens (tertiary/aromatic N) is 3. The van der Waals surface area contributed by atoms with Gasteiger partial charge in [-0.3, -0.25) is 9.59 Å². The molecule has 2 amide bonds. The molecule has 1 saturated heterocycles. The Morgan fingerprint density at radius 1 is 1.00 bits per heavy atom. The van der Waals surface area contributed by atoms with E-state index in [-0.39, 0.29) is 11.8 Å². The molecule has 0 spiro atoms. The van der Waals surface area contributed by atoms with Crippen LogP contribution in [0.1, 0.15) is 51.1 Å². The summed E-state index contributed by atoms with van der Waals surface area (Å²) in [4.78, 5) is 34.8. The van der Waals surface area contributed by atoms with Gasteiger partial charge in [-0.15, -0.1) is 11.3 Å². The van der Waals surface area contributed by atoms with E-state index in [1.54, 1.807) is 17.2 Å². The zero-order valence-corrected chi connectivity index (χ0v) is 18.2. The number of carbonyl (C=O) groups is 2. The second-order valence-electron chi connectivity index (χ2n) is 7.76. The molecule has 1 aliphatic heterocycles.